The first-order valence-corrected chi connectivity index (χ1v) is 5.59. The van der Waals surface area contributed by atoms with Crippen molar-refractivity contribution in [2.24, 2.45) is 5.73 Å². The molecule has 1 aromatic rings. The van der Waals surface area contributed by atoms with Gasteiger partial charge in [0.15, 0.2) is 0 Å². The molecule has 15 heavy (non-hydrogen) atoms. The molecule has 1 heterocycles. The molecule has 3 heteroatoms. The topological polar surface area (TPSA) is 50.9 Å². The minimum absolute atomic E-state index is 0.582. The summed E-state index contributed by atoms with van der Waals surface area (Å²) in [4.78, 5) is 4.39. The number of pyridine rings is 1. The highest BCUT2D eigenvalue weighted by atomic mass is 14.9. The van der Waals surface area contributed by atoms with E-state index in [1.54, 1.807) is 0 Å². The molecule has 3 nitrogen and oxygen atoms in total. The van der Waals surface area contributed by atoms with E-state index in [4.69, 9.17) is 5.73 Å². The molecule has 0 aliphatic rings. The first kappa shape index (κ1) is 12.0. The smallest absolute Gasteiger partial charge is 0.0607 e. The van der Waals surface area contributed by atoms with Crippen molar-refractivity contribution < 1.29 is 0 Å². The fourth-order valence-electron chi connectivity index (χ4n) is 1.84. The number of anilines is 1. The Morgan fingerprint density at radius 3 is 2.73 bits per heavy atom. The summed E-state index contributed by atoms with van der Waals surface area (Å²) in [5.74, 6) is 0. The zero-order valence-corrected chi connectivity index (χ0v) is 9.93. The standard InChI is InChI=1S/C12H21N3/c1-4-5-6-10-8-15-9(2)12(14-3)11(10)7-13/h8,14H,4-7,13H2,1-3H3. The molecule has 0 atom stereocenters. The van der Waals surface area contributed by atoms with Crippen LogP contribution in [0, 0.1) is 6.92 Å². The highest BCUT2D eigenvalue weighted by Crippen LogP contribution is 2.22. The number of nitrogens with one attached hydrogen (secondary N) is 1. The second-order valence-electron chi connectivity index (χ2n) is 3.78. The minimum atomic E-state index is 0.582. The van der Waals surface area contributed by atoms with Crippen LogP contribution in [-0.2, 0) is 13.0 Å². The third-order valence-corrected chi connectivity index (χ3v) is 2.72. The number of aryl methyl sites for hydroxylation is 2. The lowest BCUT2D eigenvalue weighted by Crippen LogP contribution is -2.09. The van der Waals surface area contributed by atoms with Crippen molar-refractivity contribution in [1.82, 2.24) is 4.98 Å². The van der Waals surface area contributed by atoms with Crippen LogP contribution in [0.2, 0.25) is 0 Å². The third-order valence-electron chi connectivity index (χ3n) is 2.72. The van der Waals surface area contributed by atoms with Gasteiger partial charge in [-0.25, -0.2) is 0 Å². The van der Waals surface area contributed by atoms with Crippen LogP contribution >= 0.6 is 0 Å². The van der Waals surface area contributed by atoms with Gasteiger partial charge < -0.3 is 11.1 Å². The maximum Gasteiger partial charge on any atom is 0.0607 e. The average molecular weight is 207 g/mol. The molecule has 0 bridgehead atoms. The molecule has 1 rings (SSSR count). The summed E-state index contributed by atoms with van der Waals surface area (Å²) in [5.41, 5.74) is 10.4. The van der Waals surface area contributed by atoms with Crippen molar-refractivity contribution in [3.63, 3.8) is 0 Å². The van der Waals surface area contributed by atoms with Crippen LogP contribution < -0.4 is 11.1 Å². The molecule has 0 saturated carbocycles. The van der Waals surface area contributed by atoms with E-state index in [2.05, 4.69) is 17.2 Å². The summed E-state index contributed by atoms with van der Waals surface area (Å²) in [6, 6.07) is 0. The number of unbranched alkanes of at least 4 members (excludes halogenated alkanes) is 1. The lowest BCUT2D eigenvalue weighted by Gasteiger charge is -2.14. The molecule has 0 radical (unpaired) electrons. The molecule has 0 amide bonds. The summed E-state index contributed by atoms with van der Waals surface area (Å²) in [6.07, 6.45) is 5.44. The highest BCUT2D eigenvalue weighted by Gasteiger charge is 2.09. The fourth-order valence-corrected chi connectivity index (χ4v) is 1.84. The van der Waals surface area contributed by atoms with Crippen LogP contribution in [0.15, 0.2) is 6.20 Å². The molecular weight excluding hydrogens is 186 g/mol. The molecule has 0 aliphatic heterocycles. The molecule has 0 unspecified atom stereocenters. The van der Waals surface area contributed by atoms with Crippen LogP contribution in [-0.4, -0.2) is 12.0 Å². The van der Waals surface area contributed by atoms with E-state index in [1.807, 2.05) is 20.2 Å². The maximum absolute atomic E-state index is 5.80. The molecule has 84 valence electrons. The van der Waals surface area contributed by atoms with Crippen LogP contribution in [0.4, 0.5) is 5.69 Å². The van der Waals surface area contributed by atoms with Crippen LogP contribution in [0.25, 0.3) is 0 Å². The predicted octanol–water partition coefficient (Wildman–Crippen LogP) is 2.23. The van der Waals surface area contributed by atoms with E-state index in [1.165, 1.54) is 24.0 Å². The monoisotopic (exact) mass is 207 g/mol. The van der Waals surface area contributed by atoms with Gasteiger partial charge in [-0.2, -0.15) is 0 Å². The van der Waals surface area contributed by atoms with Crippen molar-refractivity contribution in [2.45, 2.75) is 39.7 Å². The van der Waals surface area contributed by atoms with Crippen LogP contribution in [0.3, 0.4) is 0 Å². The van der Waals surface area contributed by atoms with Gasteiger partial charge in [0.1, 0.15) is 0 Å². The summed E-state index contributed by atoms with van der Waals surface area (Å²) < 4.78 is 0. The predicted molar refractivity (Wildman–Crippen MR) is 65.0 cm³/mol. The van der Waals surface area contributed by atoms with Gasteiger partial charge in [0, 0.05) is 19.8 Å². The number of hydrogen-bond acceptors (Lipinski definition) is 3. The molecular formula is C12H21N3. The summed E-state index contributed by atoms with van der Waals surface area (Å²) in [7, 11) is 1.92. The van der Waals surface area contributed by atoms with Crippen LogP contribution in [0.1, 0.15) is 36.6 Å². The van der Waals surface area contributed by atoms with Crippen molar-refractivity contribution in [1.29, 1.82) is 0 Å². The quantitative estimate of drug-likeness (QED) is 0.778. The SMILES string of the molecule is CCCCc1cnc(C)c(NC)c1CN. The van der Waals surface area contributed by atoms with Gasteiger partial charge in [-0.3, -0.25) is 4.98 Å². The van der Waals surface area contributed by atoms with Gasteiger partial charge in [0.05, 0.1) is 11.4 Å². The fraction of sp³-hybridized carbons (Fsp3) is 0.583. The van der Waals surface area contributed by atoms with E-state index in [0.717, 1.165) is 17.8 Å². The maximum atomic E-state index is 5.80. The third kappa shape index (κ3) is 2.69. The zero-order valence-electron chi connectivity index (χ0n) is 9.93. The summed E-state index contributed by atoms with van der Waals surface area (Å²) in [5, 5.41) is 3.19. The van der Waals surface area contributed by atoms with Crippen molar-refractivity contribution in [3.8, 4) is 0 Å². The molecule has 3 N–H and O–H groups in total. The highest BCUT2D eigenvalue weighted by molar-refractivity contribution is 5.56. The molecule has 1 aromatic heterocycles. The first-order valence-electron chi connectivity index (χ1n) is 5.59. The lowest BCUT2D eigenvalue weighted by atomic mass is 10.0. The number of hydrogen-bond donors (Lipinski definition) is 2. The Kier molecular flexibility index (Phi) is 4.56. The molecule has 0 aromatic carbocycles. The minimum Gasteiger partial charge on any atom is -0.386 e. The van der Waals surface area contributed by atoms with Crippen molar-refractivity contribution >= 4 is 5.69 Å². The Hall–Kier alpha value is -1.09. The second kappa shape index (κ2) is 5.71. The first-order chi connectivity index (χ1) is 7.24. The Labute approximate surface area is 92.1 Å². The van der Waals surface area contributed by atoms with E-state index < -0.39 is 0 Å². The van der Waals surface area contributed by atoms with E-state index in [9.17, 15) is 0 Å². The van der Waals surface area contributed by atoms with E-state index in [0.29, 0.717) is 6.54 Å². The Bertz CT molecular complexity index is 321. The van der Waals surface area contributed by atoms with E-state index >= 15 is 0 Å². The average Bonchev–Trinajstić information content (AvgIpc) is 2.26. The normalized spacial score (nSPS) is 10.4. The van der Waals surface area contributed by atoms with Gasteiger partial charge in [0.2, 0.25) is 0 Å². The van der Waals surface area contributed by atoms with Crippen molar-refractivity contribution in [3.05, 3.63) is 23.0 Å². The van der Waals surface area contributed by atoms with E-state index in [-0.39, 0.29) is 0 Å². The molecule has 0 saturated heterocycles. The number of nitrogens with zero attached hydrogens (tertiary/aromatic N) is 1. The molecule has 0 aliphatic carbocycles. The van der Waals surface area contributed by atoms with Gasteiger partial charge in [-0.15, -0.1) is 0 Å². The van der Waals surface area contributed by atoms with Gasteiger partial charge in [-0.1, -0.05) is 13.3 Å². The second-order valence-corrected chi connectivity index (χ2v) is 3.78. The van der Waals surface area contributed by atoms with Gasteiger partial charge in [0.25, 0.3) is 0 Å². The Balaban J connectivity index is 3.05. The number of rotatable bonds is 5. The van der Waals surface area contributed by atoms with Gasteiger partial charge >= 0.3 is 0 Å². The zero-order chi connectivity index (χ0) is 11.3. The largest absolute Gasteiger partial charge is 0.386 e. The molecule has 0 fully saturated rings. The van der Waals surface area contributed by atoms with Crippen LogP contribution in [0.5, 0.6) is 0 Å². The molecule has 0 spiro atoms. The Morgan fingerprint density at radius 2 is 2.20 bits per heavy atom. The summed E-state index contributed by atoms with van der Waals surface area (Å²) in [6.45, 7) is 4.79. The Morgan fingerprint density at radius 1 is 1.47 bits per heavy atom. The number of aromatic nitrogens is 1. The van der Waals surface area contributed by atoms with Gasteiger partial charge in [-0.05, 0) is 30.9 Å². The van der Waals surface area contributed by atoms with Crippen molar-refractivity contribution in [2.75, 3.05) is 12.4 Å². The lowest BCUT2D eigenvalue weighted by molar-refractivity contribution is 0.781. The summed E-state index contributed by atoms with van der Waals surface area (Å²) >= 11 is 0. The number of nitrogens with two attached hydrogens (primary N) is 1.